The molecule has 0 bridgehead atoms. The fraction of sp³-hybridized carbons (Fsp3) is 0.500. The number of carboxylic acids is 1. The van der Waals surface area contributed by atoms with Crippen LogP contribution in [0.25, 0.3) is 0 Å². The number of hydrogen-bond donors (Lipinski definition) is 1. The summed E-state index contributed by atoms with van der Waals surface area (Å²) < 4.78 is 29.0. The Morgan fingerprint density at radius 2 is 2.17 bits per heavy atom. The van der Waals surface area contributed by atoms with E-state index in [1.54, 1.807) is 0 Å². The van der Waals surface area contributed by atoms with Crippen molar-refractivity contribution in [1.29, 1.82) is 0 Å². The third kappa shape index (κ3) is 2.75. The molecule has 2 rings (SSSR count). The van der Waals surface area contributed by atoms with Gasteiger partial charge >= 0.3 is 5.97 Å². The summed E-state index contributed by atoms with van der Waals surface area (Å²) in [6.07, 6.45) is 0.827. The summed E-state index contributed by atoms with van der Waals surface area (Å²) in [5, 5.41) is 9.02. The molecule has 1 aromatic heterocycles. The van der Waals surface area contributed by atoms with Gasteiger partial charge in [-0.3, -0.25) is 0 Å². The Kier molecular flexibility index (Phi) is 3.74. The van der Waals surface area contributed by atoms with Crippen molar-refractivity contribution in [2.45, 2.75) is 32.1 Å². The Morgan fingerprint density at radius 3 is 2.83 bits per heavy atom. The molecule has 0 spiro atoms. The van der Waals surface area contributed by atoms with Crippen LogP contribution in [0.3, 0.4) is 0 Å². The number of carboxylic acid groups (broad SMARTS) is 1. The minimum absolute atomic E-state index is 0.142. The zero-order valence-corrected chi connectivity index (χ0v) is 9.66. The molecule has 0 unspecified atom stereocenters. The highest BCUT2D eigenvalue weighted by atomic mass is 19.3. The minimum atomic E-state index is -2.65. The maximum atomic E-state index is 12.1. The Labute approximate surface area is 103 Å². The Morgan fingerprint density at radius 1 is 1.44 bits per heavy atom. The van der Waals surface area contributed by atoms with Crippen molar-refractivity contribution in [1.82, 2.24) is 4.98 Å². The number of nitrogens with zero attached hydrogens (tertiary/aromatic N) is 1. The summed E-state index contributed by atoms with van der Waals surface area (Å²) in [7, 11) is 0. The maximum absolute atomic E-state index is 12.1. The first-order chi connectivity index (χ1) is 8.58. The van der Waals surface area contributed by atoms with Crippen molar-refractivity contribution >= 4 is 5.97 Å². The number of aromatic nitrogens is 1. The molecule has 98 valence electrons. The molecule has 18 heavy (non-hydrogen) atoms. The van der Waals surface area contributed by atoms with E-state index in [1.165, 1.54) is 6.07 Å². The van der Waals surface area contributed by atoms with Crippen LogP contribution in [0.5, 0.6) is 5.88 Å². The number of alkyl halides is 2. The van der Waals surface area contributed by atoms with Crippen molar-refractivity contribution in [3.63, 3.8) is 0 Å². The summed E-state index contributed by atoms with van der Waals surface area (Å²) in [6, 6.07) is 1.49. The van der Waals surface area contributed by atoms with Gasteiger partial charge in [-0.2, -0.15) is 0 Å². The molecule has 6 heteroatoms. The molecular weight excluding hydrogens is 244 g/mol. The number of aromatic carboxylic acids is 1. The van der Waals surface area contributed by atoms with Crippen LogP contribution >= 0.6 is 0 Å². The van der Waals surface area contributed by atoms with Crippen LogP contribution in [0.2, 0.25) is 0 Å². The lowest BCUT2D eigenvalue weighted by Crippen LogP contribution is -2.15. The monoisotopic (exact) mass is 257 g/mol. The molecule has 0 radical (unpaired) electrons. The normalized spacial score (nSPS) is 14.4. The number of halogens is 2. The molecular formula is C12H13F2NO3. The predicted octanol–water partition coefficient (Wildman–Crippen LogP) is 2.30. The fourth-order valence-electron chi connectivity index (χ4n) is 2.02. The van der Waals surface area contributed by atoms with Crippen LogP contribution in [0.4, 0.5) is 8.78 Å². The lowest BCUT2D eigenvalue weighted by molar-refractivity contribution is 0.0655. The molecule has 1 aliphatic rings. The van der Waals surface area contributed by atoms with Crippen LogP contribution in [0, 0.1) is 0 Å². The number of ether oxygens (including phenoxy) is 1. The quantitative estimate of drug-likeness (QED) is 0.899. The van der Waals surface area contributed by atoms with Crippen molar-refractivity contribution in [2.24, 2.45) is 0 Å². The van der Waals surface area contributed by atoms with Gasteiger partial charge in [-0.15, -0.1) is 0 Å². The second-order valence-corrected chi connectivity index (χ2v) is 4.16. The van der Waals surface area contributed by atoms with Gasteiger partial charge in [0.25, 0.3) is 6.43 Å². The highest BCUT2D eigenvalue weighted by Gasteiger charge is 2.20. The van der Waals surface area contributed by atoms with Crippen LogP contribution in [0.15, 0.2) is 6.07 Å². The van der Waals surface area contributed by atoms with E-state index in [2.05, 4.69) is 4.98 Å². The van der Waals surface area contributed by atoms with E-state index in [-0.39, 0.29) is 11.4 Å². The topological polar surface area (TPSA) is 59.4 Å². The molecule has 0 aromatic carbocycles. The van der Waals surface area contributed by atoms with Gasteiger partial charge in [-0.25, -0.2) is 18.6 Å². The summed E-state index contributed by atoms with van der Waals surface area (Å²) in [4.78, 5) is 15.1. The summed E-state index contributed by atoms with van der Waals surface area (Å²) in [5.41, 5.74) is 1.50. The summed E-state index contributed by atoms with van der Waals surface area (Å²) in [5.74, 6) is -1.41. The van der Waals surface area contributed by atoms with Gasteiger partial charge in [0.05, 0.1) is 0 Å². The van der Waals surface area contributed by atoms with E-state index in [1.807, 2.05) is 0 Å². The number of carbonyl (C=O) groups is 1. The first-order valence-electron chi connectivity index (χ1n) is 5.75. The highest BCUT2D eigenvalue weighted by Crippen LogP contribution is 2.26. The SMILES string of the molecule is O=C(O)c1cc2c(nc1OCC(F)F)CCCC2. The van der Waals surface area contributed by atoms with Gasteiger partial charge in [0.1, 0.15) is 5.56 Å². The first kappa shape index (κ1) is 12.7. The Bertz CT molecular complexity index is 463. The lowest BCUT2D eigenvalue weighted by Gasteiger charge is -2.17. The molecule has 0 saturated carbocycles. The van der Waals surface area contributed by atoms with Gasteiger partial charge in [0.2, 0.25) is 5.88 Å². The van der Waals surface area contributed by atoms with E-state index >= 15 is 0 Å². The molecule has 0 amide bonds. The molecule has 1 heterocycles. The Hall–Kier alpha value is -1.72. The first-order valence-corrected chi connectivity index (χ1v) is 5.75. The van der Waals surface area contributed by atoms with Gasteiger partial charge in [0, 0.05) is 5.69 Å². The molecule has 0 saturated heterocycles. The van der Waals surface area contributed by atoms with Gasteiger partial charge < -0.3 is 9.84 Å². The van der Waals surface area contributed by atoms with Crippen molar-refractivity contribution in [2.75, 3.05) is 6.61 Å². The number of pyridine rings is 1. The van der Waals surface area contributed by atoms with E-state index in [0.717, 1.165) is 36.9 Å². The third-order valence-electron chi connectivity index (χ3n) is 2.84. The molecule has 1 aliphatic carbocycles. The van der Waals surface area contributed by atoms with E-state index in [4.69, 9.17) is 9.84 Å². The van der Waals surface area contributed by atoms with Crippen molar-refractivity contribution in [3.8, 4) is 5.88 Å². The average molecular weight is 257 g/mol. The molecule has 0 aliphatic heterocycles. The van der Waals surface area contributed by atoms with E-state index < -0.39 is 19.0 Å². The van der Waals surface area contributed by atoms with E-state index in [0.29, 0.717) is 0 Å². The molecule has 0 atom stereocenters. The minimum Gasteiger partial charge on any atom is -0.477 e. The summed E-state index contributed by atoms with van der Waals surface area (Å²) in [6.45, 7) is -0.841. The summed E-state index contributed by atoms with van der Waals surface area (Å²) >= 11 is 0. The smallest absolute Gasteiger partial charge is 0.341 e. The van der Waals surface area contributed by atoms with Crippen LogP contribution < -0.4 is 4.74 Å². The molecule has 1 N–H and O–H groups in total. The van der Waals surface area contributed by atoms with Crippen LogP contribution in [0.1, 0.15) is 34.5 Å². The number of fused-ring (bicyclic) bond motifs is 1. The second-order valence-electron chi connectivity index (χ2n) is 4.16. The van der Waals surface area contributed by atoms with Gasteiger partial charge in [-0.05, 0) is 37.3 Å². The highest BCUT2D eigenvalue weighted by molar-refractivity contribution is 5.90. The van der Waals surface area contributed by atoms with E-state index in [9.17, 15) is 13.6 Å². The van der Waals surface area contributed by atoms with Gasteiger partial charge in [-0.1, -0.05) is 0 Å². The zero-order valence-electron chi connectivity index (χ0n) is 9.66. The van der Waals surface area contributed by atoms with Crippen LogP contribution in [-0.4, -0.2) is 29.1 Å². The fourth-order valence-corrected chi connectivity index (χ4v) is 2.02. The van der Waals surface area contributed by atoms with Gasteiger partial charge in [0.15, 0.2) is 6.61 Å². The average Bonchev–Trinajstić information content (AvgIpc) is 2.35. The van der Waals surface area contributed by atoms with Crippen molar-refractivity contribution in [3.05, 3.63) is 22.9 Å². The largest absolute Gasteiger partial charge is 0.477 e. The second kappa shape index (κ2) is 5.29. The zero-order chi connectivity index (χ0) is 13.1. The molecule has 1 aromatic rings. The molecule has 0 fully saturated rings. The number of hydrogen-bond acceptors (Lipinski definition) is 3. The third-order valence-corrected chi connectivity index (χ3v) is 2.84. The number of aryl methyl sites for hydroxylation is 2. The predicted molar refractivity (Wildman–Crippen MR) is 59.3 cm³/mol. The standard InChI is InChI=1S/C12H13F2NO3/c13-10(14)6-18-11-8(12(16)17)5-7-3-1-2-4-9(7)15-11/h5,10H,1-4,6H2,(H,16,17). The lowest BCUT2D eigenvalue weighted by atomic mass is 9.95. The number of rotatable bonds is 4. The Balaban J connectivity index is 2.33. The molecule has 4 nitrogen and oxygen atoms in total. The maximum Gasteiger partial charge on any atom is 0.341 e. The van der Waals surface area contributed by atoms with Crippen LogP contribution in [-0.2, 0) is 12.8 Å². The van der Waals surface area contributed by atoms with Crippen molar-refractivity contribution < 1.29 is 23.4 Å².